The predicted molar refractivity (Wildman–Crippen MR) is 52.3 cm³/mol. The van der Waals surface area contributed by atoms with Gasteiger partial charge in [-0.05, 0) is 12.1 Å². The van der Waals surface area contributed by atoms with E-state index in [1.807, 2.05) is 5.32 Å². The minimum absolute atomic E-state index is 0.494. The molecule has 0 spiro atoms. The number of carbonyl (C=O) groups is 2. The van der Waals surface area contributed by atoms with Crippen molar-refractivity contribution in [1.29, 1.82) is 0 Å². The quantitative estimate of drug-likeness (QED) is 0.704. The fourth-order valence-corrected chi connectivity index (χ4v) is 1.10. The van der Waals surface area contributed by atoms with Crippen LogP contribution in [0, 0.1) is 11.6 Å². The average molecular weight is 245 g/mol. The zero-order valence-electron chi connectivity index (χ0n) is 8.48. The topological polar surface area (TPSA) is 86.6 Å². The number of carboxylic acid groups (broad SMARTS) is 1. The van der Waals surface area contributed by atoms with E-state index in [1.165, 1.54) is 0 Å². The van der Waals surface area contributed by atoms with Gasteiger partial charge in [-0.25, -0.2) is 13.6 Å². The summed E-state index contributed by atoms with van der Waals surface area (Å²) < 4.78 is 25.7. The van der Waals surface area contributed by atoms with Crippen LogP contribution in [0.5, 0.6) is 0 Å². The van der Waals surface area contributed by atoms with Crippen molar-refractivity contribution in [3.63, 3.8) is 0 Å². The summed E-state index contributed by atoms with van der Waals surface area (Å²) in [6, 6.07) is 0.721. The Morgan fingerprint density at radius 3 is 2.47 bits per heavy atom. The van der Waals surface area contributed by atoms with Crippen LogP contribution in [-0.2, 0) is 4.79 Å². The maximum atomic E-state index is 13.1. The first-order valence-electron chi connectivity index (χ1n) is 4.55. The lowest BCUT2D eigenvalue weighted by Gasteiger charge is -2.11. The maximum absolute atomic E-state index is 13.1. The van der Waals surface area contributed by atoms with Crippen molar-refractivity contribution in [2.45, 2.75) is 6.04 Å². The molecule has 1 aromatic rings. The molecule has 0 aromatic heterocycles. The molecular weight excluding hydrogens is 236 g/mol. The van der Waals surface area contributed by atoms with Crippen molar-refractivity contribution in [2.24, 2.45) is 0 Å². The molecule has 7 heteroatoms. The van der Waals surface area contributed by atoms with Crippen LogP contribution in [0.1, 0.15) is 10.4 Å². The van der Waals surface area contributed by atoms with Gasteiger partial charge in [-0.1, -0.05) is 0 Å². The molecule has 0 heterocycles. The van der Waals surface area contributed by atoms with Crippen molar-refractivity contribution in [3.8, 4) is 0 Å². The van der Waals surface area contributed by atoms with Crippen LogP contribution in [0.2, 0.25) is 0 Å². The van der Waals surface area contributed by atoms with Crippen molar-refractivity contribution in [3.05, 3.63) is 35.4 Å². The largest absolute Gasteiger partial charge is 0.480 e. The van der Waals surface area contributed by atoms with E-state index in [0.29, 0.717) is 6.07 Å². The van der Waals surface area contributed by atoms with E-state index in [4.69, 9.17) is 10.2 Å². The molecule has 0 aliphatic heterocycles. The van der Waals surface area contributed by atoms with E-state index >= 15 is 0 Å². The van der Waals surface area contributed by atoms with Gasteiger partial charge < -0.3 is 15.5 Å². The number of nitrogens with one attached hydrogen (secondary N) is 1. The van der Waals surface area contributed by atoms with E-state index in [2.05, 4.69) is 0 Å². The number of hydrogen-bond acceptors (Lipinski definition) is 3. The Morgan fingerprint density at radius 1 is 1.35 bits per heavy atom. The van der Waals surface area contributed by atoms with E-state index in [-0.39, 0.29) is 0 Å². The van der Waals surface area contributed by atoms with E-state index in [0.717, 1.165) is 12.1 Å². The second-order valence-electron chi connectivity index (χ2n) is 3.17. The molecule has 0 aliphatic carbocycles. The smallest absolute Gasteiger partial charge is 0.328 e. The van der Waals surface area contributed by atoms with Crippen LogP contribution < -0.4 is 5.32 Å². The summed E-state index contributed by atoms with van der Waals surface area (Å²) in [4.78, 5) is 21.9. The number of rotatable bonds is 4. The molecule has 17 heavy (non-hydrogen) atoms. The first-order chi connectivity index (χ1) is 7.95. The summed E-state index contributed by atoms with van der Waals surface area (Å²) in [5, 5.41) is 19.1. The molecule has 1 unspecified atom stereocenters. The number of halogens is 2. The highest BCUT2D eigenvalue weighted by atomic mass is 19.1. The molecule has 1 aromatic carbocycles. The molecule has 1 amide bonds. The second-order valence-corrected chi connectivity index (χ2v) is 3.17. The van der Waals surface area contributed by atoms with Crippen molar-refractivity contribution in [1.82, 2.24) is 5.32 Å². The minimum Gasteiger partial charge on any atom is -0.480 e. The maximum Gasteiger partial charge on any atom is 0.328 e. The van der Waals surface area contributed by atoms with E-state index in [9.17, 15) is 18.4 Å². The number of aliphatic hydroxyl groups is 1. The third kappa shape index (κ3) is 3.22. The van der Waals surface area contributed by atoms with Crippen molar-refractivity contribution < 1.29 is 28.6 Å². The number of carboxylic acids is 1. The summed E-state index contributed by atoms with van der Waals surface area (Å²) in [7, 11) is 0. The lowest BCUT2D eigenvalue weighted by atomic mass is 10.2. The van der Waals surface area contributed by atoms with Crippen LogP contribution in [0.25, 0.3) is 0 Å². The van der Waals surface area contributed by atoms with Crippen LogP contribution in [0.4, 0.5) is 8.78 Å². The van der Waals surface area contributed by atoms with Crippen LogP contribution >= 0.6 is 0 Å². The molecule has 92 valence electrons. The highest BCUT2D eigenvalue weighted by Gasteiger charge is 2.21. The van der Waals surface area contributed by atoms with Crippen LogP contribution in [-0.4, -0.2) is 34.7 Å². The normalized spacial score (nSPS) is 11.9. The molecule has 0 saturated heterocycles. The molecule has 5 nitrogen and oxygen atoms in total. The fraction of sp³-hybridized carbons (Fsp3) is 0.200. The number of amides is 1. The van der Waals surface area contributed by atoms with Gasteiger partial charge in [-0.15, -0.1) is 0 Å². The number of carbonyl (C=O) groups excluding carboxylic acids is 1. The summed E-state index contributed by atoms with van der Waals surface area (Å²) in [5.74, 6) is -4.45. The summed E-state index contributed by atoms with van der Waals surface area (Å²) in [5.41, 5.74) is -0.494. The summed E-state index contributed by atoms with van der Waals surface area (Å²) >= 11 is 0. The Balaban J connectivity index is 2.86. The molecule has 3 N–H and O–H groups in total. The van der Waals surface area contributed by atoms with Gasteiger partial charge in [0.1, 0.15) is 11.6 Å². The van der Waals surface area contributed by atoms with Gasteiger partial charge in [0.25, 0.3) is 5.91 Å². The Bertz CT molecular complexity index is 450. The van der Waals surface area contributed by atoms with Gasteiger partial charge in [0.15, 0.2) is 6.04 Å². The first kappa shape index (κ1) is 13.0. The Morgan fingerprint density at radius 2 is 2.00 bits per heavy atom. The summed E-state index contributed by atoms with van der Waals surface area (Å²) in [6.07, 6.45) is 0. The van der Waals surface area contributed by atoms with Gasteiger partial charge in [-0.3, -0.25) is 4.79 Å². The third-order valence-corrected chi connectivity index (χ3v) is 1.96. The standard InChI is InChI=1S/C10H9F2NO4/c11-5-1-2-6(7(12)3-5)9(15)13-8(4-14)10(16)17/h1-3,8,14H,4H2,(H,13,15)(H,16,17). The van der Waals surface area contributed by atoms with Crippen LogP contribution in [0.3, 0.4) is 0 Å². The summed E-state index contributed by atoms with van der Waals surface area (Å²) in [6.45, 7) is -0.829. The lowest BCUT2D eigenvalue weighted by molar-refractivity contribution is -0.140. The first-order valence-corrected chi connectivity index (χ1v) is 4.55. The molecule has 0 bridgehead atoms. The van der Waals surface area contributed by atoms with Gasteiger partial charge in [0, 0.05) is 6.07 Å². The lowest BCUT2D eigenvalue weighted by Crippen LogP contribution is -2.43. The molecule has 1 atom stereocenters. The number of aliphatic hydroxyl groups excluding tert-OH is 1. The minimum atomic E-state index is -1.54. The Kier molecular flexibility index (Phi) is 4.11. The van der Waals surface area contributed by atoms with Crippen molar-refractivity contribution in [2.75, 3.05) is 6.61 Å². The van der Waals surface area contributed by atoms with Crippen molar-refractivity contribution >= 4 is 11.9 Å². The van der Waals surface area contributed by atoms with Gasteiger partial charge in [0.2, 0.25) is 0 Å². The van der Waals surface area contributed by atoms with Crippen LogP contribution in [0.15, 0.2) is 18.2 Å². The predicted octanol–water partition coefficient (Wildman–Crippen LogP) is 0.140. The average Bonchev–Trinajstić information content (AvgIpc) is 2.24. The highest BCUT2D eigenvalue weighted by Crippen LogP contribution is 2.09. The van der Waals surface area contributed by atoms with Gasteiger partial charge in [0.05, 0.1) is 12.2 Å². The molecule has 0 radical (unpaired) electrons. The van der Waals surface area contributed by atoms with Gasteiger partial charge >= 0.3 is 5.97 Å². The molecule has 0 fully saturated rings. The van der Waals surface area contributed by atoms with E-state index in [1.54, 1.807) is 0 Å². The molecule has 1 rings (SSSR count). The monoisotopic (exact) mass is 245 g/mol. The SMILES string of the molecule is O=C(NC(CO)C(=O)O)c1ccc(F)cc1F. The number of aliphatic carboxylic acids is 1. The number of hydrogen-bond donors (Lipinski definition) is 3. The zero-order chi connectivity index (χ0) is 13.0. The zero-order valence-corrected chi connectivity index (χ0v) is 8.48. The molecular formula is C10H9F2NO4. The number of benzene rings is 1. The third-order valence-electron chi connectivity index (χ3n) is 1.96. The molecule has 0 aliphatic rings. The van der Waals surface area contributed by atoms with E-state index < -0.39 is 41.7 Å². The van der Waals surface area contributed by atoms with Gasteiger partial charge in [-0.2, -0.15) is 0 Å². The highest BCUT2D eigenvalue weighted by molar-refractivity contribution is 5.96. The molecule has 0 saturated carbocycles. The Labute approximate surface area is 94.7 Å². The second kappa shape index (κ2) is 5.35. The fourth-order valence-electron chi connectivity index (χ4n) is 1.10. The Hall–Kier alpha value is -2.02.